The number of hydrogen-bond donors (Lipinski definition) is 1. The summed E-state index contributed by atoms with van der Waals surface area (Å²) in [5.74, 6) is 2.68. The molecule has 1 aromatic heterocycles. The van der Waals surface area contributed by atoms with Crippen LogP contribution in [0, 0.1) is 6.92 Å². The number of anilines is 2. The van der Waals surface area contributed by atoms with Gasteiger partial charge < -0.3 is 15.0 Å². The zero-order valence-electron chi connectivity index (χ0n) is 11.6. The van der Waals surface area contributed by atoms with E-state index in [2.05, 4.69) is 41.0 Å². The second kappa shape index (κ2) is 5.52. The summed E-state index contributed by atoms with van der Waals surface area (Å²) in [5, 5.41) is 3.24. The Morgan fingerprint density at radius 3 is 2.94 bits per heavy atom. The van der Waals surface area contributed by atoms with E-state index in [1.165, 1.54) is 0 Å². The van der Waals surface area contributed by atoms with E-state index in [0.717, 1.165) is 37.2 Å². The second-order valence-electron chi connectivity index (χ2n) is 4.83. The summed E-state index contributed by atoms with van der Waals surface area (Å²) in [5.41, 5.74) is 0. The number of aryl methyl sites for hydroxylation is 1. The molecular formula is C13H22N4O. The van der Waals surface area contributed by atoms with E-state index < -0.39 is 0 Å². The van der Waals surface area contributed by atoms with Gasteiger partial charge in [0.25, 0.3) is 0 Å². The molecular weight excluding hydrogens is 228 g/mol. The first-order valence-corrected chi connectivity index (χ1v) is 6.58. The van der Waals surface area contributed by atoms with Gasteiger partial charge in [-0.3, -0.25) is 0 Å². The Kier molecular flexibility index (Phi) is 4.01. The minimum Gasteiger partial charge on any atom is -0.375 e. The molecule has 1 aliphatic rings. The van der Waals surface area contributed by atoms with Gasteiger partial charge in [-0.2, -0.15) is 0 Å². The zero-order chi connectivity index (χ0) is 13.1. The Hall–Kier alpha value is -1.36. The lowest BCUT2D eigenvalue weighted by atomic mass is 10.2. The van der Waals surface area contributed by atoms with Crippen molar-refractivity contribution in [3.8, 4) is 0 Å². The predicted octanol–water partition coefficient (Wildman–Crippen LogP) is 1.83. The van der Waals surface area contributed by atoms with E-state index in [-0.39, 0.29) is 6.10 Å². The smallest absolute Gasteiger partial charge is 0.134 e. The first kappa shape index (κ1) is 13.1. The molecule has 0 saturated carbocycles. The highest BCUT2D eigenvalue weighted by atomic mass is 16.5. The van der Waals surface area contributed by atoms with E-state index in [9.17, 15) is 0 Å². The van der Waals surface area contributed by atoms with Crippen LogP contribution in [0.5, 0.6) is 0 Å². The molecule has 2 unspecified atom stereocenters. The lowest BCUT2D eigenvalue weighted by Gasteiger charge is -2.37. The highest BCUT2D eigenvalue weighted by Crippen LogP contribution is 2.22. The third kappa shape index (κ3) is 2.90. The Balaban J connectivity index is 2.25. The molecule has 0 radical (unpaired) electrons. The second-order valence-corrected chi connectivity index (χ2v) is 4.83. The fraction of sp³-hybridized carbons (Fsp3) is 0.692. The predicted molar refractivity (Wildman–Crippen MR) is 73.2 cm³/mol. The molecule has 2 heterocycles. The summed E-state index contributed by atoms with van der Waals surface area (Å²) in [6.45, 7) is 10.7. The number of rotatable bonds is 3. The van der Waals surface area contributed by atoms with E-state index >= 15 is 0 Å². The SMILES string of the molecule is CCNc1cc(N2CC(C)OCC2C)nc(C)n1. The highest BCUT2D eigenvalue weighted by Gasteiger charge is 2.25. The largest absolute Gasteiger partial charge is 0.375 e. The van der Waals surface area contributed by atoms with Gasteiger partial charge in [0, 0.05) is 19.2 Å². The van der Waals surface area contributed by atoms with Crippen LogP contribution in [0.1, 0.15) is 26.6 Å². The number of aromatic nitrogens is 2. The number of morpholine rings is 1. The van der Waals surface area contributed by atoms with Crippen LogP contribution >= 0.6 is 0 Å². The maximum Gasteiger partial charge on any atom is 0.134 e. The molecule has 1 aromatic rings. The van der Waals surface area contributed by atoms with Gasteiger partial charge in [-0.15, -0.1) is 0 Å². The van der Waals surface area contributed by atoms with Gasteiger partial charge in [-0.05, 0) is 27.7 Å². The number of nitrogens with one attached hydrogen (secondary N) is 1. The molecule has 2 atom stereocenters. The maximum atomic E-state index is 5.65. The van der Waals surface area contributed by atoms with Crippen molar-refractivity contribution in [3.05, 3.63) is 11.9 Å². The van der Waals surface area contributed by atoms with Crippen LogP contribution in [0.3, 0.4) is 0 Å². The summed E-state index contributed by atoms with van der Waals surface area (Å²) in [4.78, 5) is 11.2. The van der Waals surface area contributed by atoms with Crippen LogP contribution in [-0.2, 0) is 4.74 Å². The van der Waals surface area contributed by atoms with Crippen molar-refractivity contribution in [3.63, 3.8) is 0 Å². The van der Waals surface area contributed by atoms with Crippen LogP contribution in [0.4, 0.5) is 11.6 Å². The molecule has 5 nitrogen and oxygen atoms in total. The fourth-order valence-electron chi connectivity index (χ4n) is 2.19. The first-order chi connectivity index (χ1) is 8.60. The Bertz CT molecular complexity index is 410. The average molecular weight is 250 g/mol. The van der Waals surface area contributed by atoms with E-state index in [1.54, 1.807) is 0 Å². The third-order valence-corrected chi connectivity index (χ3v) is 3.08. The molecule has 0 aliphatic carbocycles. The molecule has 1 fully saturated rings. The van der Waals surface area contributed by atoms with E-state index in [4.69, 9.17) is 4.74 Å². The molecule has 100 valence electrons. The minimum absolute atomic E-state index is 0.249. The molecule has 1 N–H and O–H groups in total. The van der Waals surface area contributed by atoms with Crippen molar-refractivity contribution in [2.24, 2.45) is 0 Å². The topological polar surface area (TPSA) is 50.3 Å². The number of ether oxygens (including phenoxy) is 1. The normalized spacial score (nSPS) is 24.1. The van der Waals surface area contributed by atoms with Crippen LogP contribution in [0.15, 0.2) is 6.07 Å². The van der Waals surface area contributed by atoms with Gasteiger partial charge in [-0.25, -0.2) is 9.97 Å². The van der Waals surface area contributed by atoms with Gasteiger partial charge in [0.05, 0.1) is 18.8 Å². The standard InChI is InChI=1S/C13H22N4O/c1-5-14-12-6-13(16-11(4)15-12)17-7-10(3)18-8-9(17)2/h6,9-10H,5,7-8H2,1-4H3,(H,14,15,16). The van der Waals surface area contributed by atoms with Crippen LogP contribution in [0.2, 0.25) is 0 Å². The van der Waals surface area contributed by atoms with Crippen LogP contribution < -0.4 is 10.2 Å². The molecule has 5 heteroatoms. The monoisotopic (exact) mass is 250 g/mol. The molecule has 1 aliphatic heterocycles. The van der Waals surface area contributed by atoms with Gasteiger partial charge >= 0.3 is 0 Å². The zero-order valence-corrected chi connectivity index (χ0v) is 11.6. The van der Waals surface area contributed by atoms with E-state index in [1.807, 2.05) is 13.0 Å². The lowest BCUT2D eigenvalue weighted by molar-refractivity contribution is 0.0340. The Morgan fingerprint density at radius 1 is 1.44 bits per heavy atom. The quantitative estimate of drug-likeness (QED) is 0.887. The lowest BCUT2D eigenvalue weighted by Crippen LogP contribution is -2.47. The third-order valence-electron chi connectivity index (χ3n) is 3.08. The number of nitrogens with zero attached hydrogens (tertiary/aromatic N) is 3. The minimum atomic E-state index is 0.249. The van der Waals surface area contributed by atoms with Crippen molar-refractivity contribution in [2.45, 2.75) is 39.8 Å². The van der Waals surface area contributed by atoms with Crippen molar-refractivity contribution < 1.29 is 4.74 Å². The molecule has 1 saturated heterocycles. The fourth-order valence-corrected chi connectivity index (χ4v) is 2.19. The van der Waals surface area contributed by atoms with Gasteiger partial charge in [0.1, 0.15) is 17.5 Å². The maximum absolute atomic E-state index is 5.65. The summed E-state index contributed by atoms with van der Waals surface area (Å²) >= 11 is 0. The van der Waals surface area contributed by atoms with Crippen LogP contribution in [-0.4, -0.2) is 41.8 Å². The first-order valence-electron chi connectivity index (χ1n) is 6.58. The van der Waals surface area contributed by atoms with Crippen molar-refractivity contribution in [2.75, 3.05) is 29.9 Å². The Labute approximate surface area is 109 Å². The number of hydrogen-bond acceptors (Lipinski definition) is 5. The summed E-state index contributed by atoms with van der Waals surface area (Å²) in [7, 11) is 0. The highest BCUT2D eigenvalue weighted by molar-refractivity contribution is 5.50. The molecule has 0 aromatic carbocycles. The van der Waals surface area contributed by atoms with Gasteiger partial charge in [0.2, 0.25) is 0 Å². The van der Waals surface area contributed by atoms with Crippen molar-refractivity contribution >= 4 is 11.6 Å². The van der Waals surface area contributed by atoms with Gasteiger partial charge in [0.15, 0.2) is 0 Å². The Morgan fingerprint density at radius 2 is 2.22 bits per heavy atom. The van der Waals surface area contributed by atoms with Gasteiger partial charge in [-0.1, -0.05) is 0 Å². The van der Waals surface area contributed by atoms with E-state index in [0.29, 0.717) is 6.04 Å². The van der Waals surface area contributed by atoms with Crippen LogP contribution in [0.25, 0.3) is 0 Å². The summed E-state index contributed by atoms with van der Waals surface area (Å²) in [6.07, 6.45) is 0.249. The summed E-state index contributed by atoms with van der Waals surface area (Å²) < 4.78 is 5.65. The molecule has 0 bridgehead atoms. The molecule has 0 amide bonds. The molecule has 0 spiro atoms. The summed E-state index contributed by atoms with van der Waals surface area (Å²) in [6, 6.07) is 2.37. The van der Waals surface area contributed by atoms with Crippen molar-refractivity contribution in [1.82, 2.24) is 9.97 Å². The molecule has 2 rings (SSSR count). The molecule has 18 heavy (non-hydrogen) atoms. The average Bonchev–Trinajstić information content (AvgIpc) is 2.32. The van der Waals surface area contributed by atoms with Crippen molar-refractivity contribution in [1.29, 1.82) is 0 Å².